The van der Waals surface area contributed by atoms with Gasteiger partial charge in [0.2, 0.25) is 0 Å². The number of nitrogens with zero attached hydrogens (tertiary/aromatic N) is 3. The van der Waals surface area contributed by atoms with Crippen molar-refractivity contribution in [1.82, 2.24) is 19.1 Å². The Labute approximate surface area is 108 Å². The lowest BCUT2D eigenvalue weighted by Gasteiger charge is -2.07. The number of Topliss-reactive ketones (excluding diaryl/α,β-unsaturated/α-hetero) is 1. The second-order valence-electron chi connectivity index (χ2n) is 4.56. The highest BCUT2D eigenvalue weighted by atomic mass is 16.2. The Kier molecular flexibility index (Phi) is 3.64. The number of carbonyl (C=O) groups excluding carboxylic acids is 1. The number of rotatable bonds is 5. The molecule has 0 aromatic carbocycles. The molecule has 0 atom stereocenters. The Balaban J connectivity index is 2.30. The molecule has 2 aromatic heterocycles. The van der Waals surface area contributed by atoms with E-state index in [0.29, 0.717) is 37.0 Å². The van der Waals surface area contributed by atoms with Crippen LogP contribution in [0.5, 0.6) is 0 Å². The van der Waals surface area contributed by atoms with E-state index in [2.05, 4.69) is 9.97 Å². The van der Waals surface area contributed by atoms with Crippen LogP contribution < -0.4 is 11.2 Å². The van der Waals surface area contributed by atoms with Crippen LogP contribution >= 0.6 is 0 Å². The normalized spacial score (nSPS) is 11.1. The zero-order chi connectivity index (χ0) is 14.0. The molecule has 0 aliphatic carbocycles. The molecule has 0 unspecified atom stereocenters. The van der Waals surface area contributed by atoms with Gasteiger partial charge in [0.25, 0.3) is 5.56 Å². The van der Waals surface area contributed by atoms with Gasteiger partial charge in [-0.1, -0.05) is 0 Å². The number of unbranched alkanes of at least 4 members (excludes halogenated alkanes) is 1. The van der Waals surface area contributed by atoms with E-state index >= 15 is 0 Å². The highest BCUT2D eigenvalue weighted by molar-refractivity contribution is 5.75. The van der Waals surface area contributed by atoms with Gasteiger partial charge in [-0.2, -0.15) is 0 Å². The van der Waals surface area contributed by atoms with Crippen molar-refractivity contribution in [3.8, 4) is 0 Å². The first-order valence-corrected chi connectivity index (χ1v) is 6.14. The predicted molar refractivity (Wildman–Crippen MR) is 70.1 cm³/mol. The number of imidazole rings is 1. The van der Waals surface area contributed by atoms with Crippen LogP contribution in [0.15, 0.2) is 15.9 Å². The summed E-state index contributed by atoms with van der Waals surface area (Å²) in [5, 5.41) is 0. The standard InChI is InChI=1S/C12H16N4O3/c1-8(17)5-3-4-6-16-11(18)9-10(14-7-13-9)15(2)12(16)19/h7H,3-6H2,1-2H3,(H,13,14). The molecule has 1 N–H and O–H groups in total. The number of aromatic nitrogens is 4. The van der Waals surface area contributed by atoms with Gasteiger partial charge in [0, 0.05) is 20.0 Å². The third-order valence-corrected chi connectivity index (χ3v) is 3.07. The van der Waals surface area contributed by atoms with Crippen LogP contribution in [0.1, 0.15) is 26.2 Å². The van der Waals surface area contributed by atoms with Gasteiger partial charge in [-0.05, 0) is 19.8 Å². The minimum absolute atomic E-state index is 0.115. The molecule has 19 heavy (non-hydrogen) atoms. The summed E-state index contributed by atoms with van der Waals surface area (Å²) in [6.45, 7) is 1.84. The lowest BCUT2D eigenvalue weighted by Crippen LogP contribution is -2.39. The van der Waals surface area contributed by atoms with Crippen molar-refractivity contribution in [3.05, 3.63) is 27.2 Å². The SMILES string of the molecule is CC(=O)CCCCn1c(=O)c2[nH]cnc2n(C)c1=O. The molecule has 0 radical (unpaired) electrons. The molecule has 0 spiro atoms. The molecule has 0 fully saturated rings. The first-order chi connectivity index (χ1) is 9.02. The molecule has 0 saturated carbocycles. The molecule has 0 aliphatic heterocycles. The third-order valence-electron chi connectivity index (χ3n) is 3.07. The van der Waals surface area contributed by atoms with Crippen molar-refractivity contribution in [2.24, 2.45) is 7.05 Å². The summed E-state index contributed by atoms with van der Waals surface area (Å²) in [6, 6.07) is 0. The zero-order valence-electron chi connectivity index (χ0n) is 11.0. The Morgan fingerprint density at radius 1 is 1.37 bits per heavy atom. The number of ketones is 1. The smallest absolute Gasteiger partial charge is 0.332 e. The van der Waals surface area contributed by atoms with Crippen LogP contribution in [0, 0.1) is 0 Å². The van der Waals surface area contributed by atoms with Crippen LogP contribution in [0.3, 0.4) is 0 Å². The number of carbonyl (C=O) groups is 1. The fourth-order valence-electron chi connectivity index (χ4n) is 2.03. The van der Waals surface area contributed by atoms with E-state index in [9.17, 15) is 14.4 Å². The number of hydrogen-bond donors (Lipinski definition) is 1. The third kappa shape index (κ3) is 2.49. The molecule has 0 bridgehead atoms. The van der Waals surface area contributed by atoms with Crippen LogP contribution in [0.2, 0.25) is 0 Å². The van der Waals surface area contributed by atoms with Gasteiger partial charge in [-0.3, -0.25) is 13.9 Å². The monoisotopic (exact) mass is 264 g/mol. The van der Waals surface area contributed by atoms with Crippen molar-refractivity contribution >= 4 is 16.9 Å². The number of H-pyrrole nitrogens is 1. The molecule has 0 aliphatic rings. The molecule has 2 heterocycles. The van der Waals surface area contributed by atoms with E-state index < -0.39 is 0 Å². The Hall–Kier alpha value is -2.18. The minimum Gasteiger partial charge on any atom is -0.339 e. The van der Waals surface area contributed by atoms with E-state index in [-0.39, 0.29) is 17.0 Å². The topological polar surface area (TPSA) is 89.8 Å². The van der Waals surface area contributed by atoms with E-state index in [1.54, 1.807) is 7.05 Å². The fourth-order valence-corrected chi connectivity index (χ4v) is 2.03. The van der Waals surface area contributed by atoms with E-state index in [4.69, 9.17) is 0 Å². The summed E-state index contributed by atoms with van der Waals surface area (Å²) >= 11 is 0. The number of aromatic amines is 1. The molecular formula is C12H16N4O3. The zero-order valence-corrected chi connectivity index (χ0v) is 11.0. The fraction of sp³-hybridized carbons (Fsp3) is 0.500. The molecule has 102 valence electrons. The van der Waals surface area contributed by atoms with Gasteiger partial charge in [0.15, 0.2) is 5.65 Å². The summed E-state index contributed by atoms with van der Waals surface area (Å²) in [7, 11) is 1.58. The molecule has 2 rings (SSSR count). The first-order valence-electron chi connectivity index (χ1n) is 6.14. The maximum Gasteiger partial charge on any atom is 0.332 e. The quantitative estimate of drug-likeness (QED) is 0.780. The molecule has 2 aromatic rings. The summed E-state index contributed by atoms with van der Waals surface area (Å²) in [5.74, 6) is 0.115. The maximum absolute atomic E-state index is 12.1. The minimum atomic E-state index is -0.382. The van der Waals surface area contributed by atoms with Crippen molar-refractivity contribution in [2.75, 3.05) is 0 Å². The summed E-state index contributed by atoms with van der Waals surface area (Å²) in [4.78, 5) is 41.7. The van der Waals surface area contributed by atoms with E-state index in [1.165, 1.54) is 22.4 Å². The summed E-state index contributed by atoms with van der Waals surface area (Å²) in [6.07, 6.45) is 3.16. The lowest BCUT2D eigenvalue weighted by atomic mass is 10.2. The van der Waals surface area contributed by atoms with Gasteiger partial charge >= 0.3 is 5.69 Å². The van der Waals surface area contributed by atoms with Gasteiger partial charge in [0.05, 0.1) is 6.33 Å². The average Bonchev–Trinajstić information content (AvgIpc) is 2.84. The number of hydrogen-bond acceptors (Lipinski definition) is 4. The maximum atomic E-state index is 12.1. The number of aryl methyl sites for hydroxylation is 1. The highest BCUT2D eigenvalue weighted by Gasteiger charge is 2.12. The molecule has 7 nitrogen and oxygen atoms in total. The predicted octanol–water partition coefficient (Wildman–Crippen LogP) is 0.183. The molecule has 0 amide bonds. The highest BCUT2D eigenvalue weighted by Crippen LogP contribution is 2.01. The van der Waals surface area contributed by atoms with Gasteiger partial charge in [-0.25, -0.2) is 9.78 Å². The van der Waals surface area contributed by atoms with E-state index in [0.717, 1.165) is 0 Å². The molecule has 7 heteroatoms. The van der Waals surface area contributed by atoms with Crippen molar-refractivity contribution in [1.29, 1.82) is 0 Å². The molecular weight excluding hydrogens is 248 g/mol. The van der Waals surface area contributed by atoms with Gasteiger partial charge < -0.3 is 9.78 Å². The molecule has 0 saturated heterocycles. The summed E-state index contributed by atoms with van der Waals surface area (Å²) in [5.41, 5.74) is -0.0606. The lowest BCUT2D eigenvalue weighted by molar-refractivity contribution is -0.117. The van der Waals surface area contributed by atoms with Crippen molar-refractivity contribution < 1.29 is 4.79 Å². The second-order valence-corrected chi connectivity index (χ2v) is 4.56. The Morgan fingerprint density at radius 2 is 2.11 bits per heavy atom. The van der Waals surface area contributed by atoms with Crippen molar-refractivity contribution in [3.63, 3.8) is 0 Å². The van der Waals surface area contributed by atoms with Gasteiger partial charge in [-0.15, -0.1) is 0 Å². The average molecular weight is 264 g/mol. The van der Waals surface area contributed by atoms with E-state index in [1.807, 2.05) is 0 Å². The van der Waals surface area contributed by atoms with Gasteiger partial charge in [0.1, 0.15) is 11.3 Å². The second kappa shape index (κ2) is 5.21. The Bertz CT molecular complexity index is 723. The van der Waals surface area contributed by atoms with Crippen molar-refractivity contribution in [2.45, 2.75) is 32.7 Å². The number of fused-ring (bicyclic) bond motifs is 1. The van der Waals surface area contributed by atoms with Crippen LogP contribution in [-0.4, -0.2) is 24.9 Å². The van der Waals surface area contributed by atoms with Crippen LogP contribution in [-0.2, 0) is 18.4 Å². The van der Waals surface area contributed by atoms with Crippen LogP contribution in [0.25, 0.3) is 11.2 Å². The number of nitrogens with one attached hydrogen (secondary N) is 1. The summed E-state index contributed by atoms with van der Waals surface area (Å²) < 4.78 is 2.53. The Morgan fingerprint density at radius 3 is 2.79 bits per heavy atom. The largest absolute Gasteiger partial charge is 0.339 e. The first kappa shape index (κ1) is 13.3. The van der Waals surface area contributed by atoms with Crippen LogP contribution in [0.4, 0.5) is 0 Å².